The van der Waals surface area contributed by atoms with E-state index >= 15 is 0 Å². The topological polar surface area (TPSA) is 57.2 Å². The Labute approximate surface area is 101 Å². The summed E-state index contributed by atoms with van der Waals surface area (Å²) in [5, 5.41) is 0. The SMILES string of the molecule is C=CCS(=O)(=O)[O-].CC[P+](CC)(CC)CC. The standard InChI is InChI=1S/C8H20P.C3H6O3S/c1-5-9(6-2,7-3)8-4;1-2-3-7(4,5)6/h5-8H2,1-4H3;2H,1,3H2,(H,4,5,6)/q+1;/p-1. The lowest BCUT2D eigenvalue weighted by atomic mass is 10.8. The van der Waals surface area contributed by atoms with Crippen LogP contribution >= 0.6 is 7.26 Å². The molecule has 0 bridgehead atoms. The van der Waals surface area contributed by atoms with Gasteiger partial charge in [0.25, 0.3) is 0 Å². The highest BCUT2D eigenvalue weighted by Crippen LogP contribution is 2.57. The molecule has 0 aromatic heterocycles. The summed E-state index contributed by atoms with van der Waals surface area (Å²) in [5.41, 5.74) is 0. The Morgan fingerprint density at radius 3 is 1.38 bits per heavy atom. The van der Waals surface area contributed by atoms with Crippen LogP contribution in [0.2, 0.25) is 0 Å². The molecule has 0 spiro atoms. The van der Waals surface area contributed by atoms with Crippen molar-refractivity contribution in [3.05, 3.63) is 12.7 Å². The van der Waals surface area contributed by atoms with Gasteiger partial charge in [0.15, 0.2) is 0 Å². The highest BCUT2D eigenvalue weighted by molar-refractivity contribution is 7.85. The highest BCUT2D eigenvalue weighted by atomic mass is 32.2. The maximum absolute atomic E-state index is 9.60. The lowest BCUT2D eigenvalue weighted by molar-refractivity contribution is 0.466. The minimum atomic E-state index is -4.04. The van der Waals surface area contributed by atoms with E-state index in [2.05, 4.69) is 34.3 Å². The summed E-state index contributed by atoms with van der Waals surface area (Å²) in [7, 11) is -4.46. The van der Waals surface area contributed by atoms with Crippen molar-refractivity contribution in [2.45, 2.75) is 27.7 Å². The molecule has 0 atom stereocenters. The Balaban J connectivity index is 0. The van der Waals surface area contributed by atoms with E-state index in [9.17, 15) is 13.0 Å². The monoisotopic (exact) mass is 268 g/mol. The normalized spacial score (nSPS) is 11.6. The predicted octanol–water partition coefficient (Wildman–Crippen LogP) is 2.80. The first-order valence-electron chi connectivity index (χ1n) is 5.70. The second kappa shape index (κ2) is 9.15. The van der Waals surface area contributed by atoms with E-state index in [4.69, 9.17) is 0 Å². The molecule has 0 aliphatic rings. The first-order chi connectivity index (χ1) is 7.30. The Morgan fingerprint density at radius 1 is 1.06 bits per heavy atom. The molecule has 3 nitrogen and oxygen atoms in total. The molecular formula is C11H25O3PS. The van der Waals surface area contributed by atoms with Crippen LogP contribution in [0.3, 0.4) is 0 Å². The molecular weight excluding hydrogens is 243 g/mol. The van der Waals surface area contributed by atoms with Gasteiger partial charge < -0.3 is 4.55 Å². The van der Waals surface area contributed by atoms with E-state index in [1.807, 2.05) is 0 Å². The molecule has 0 aliphatic heterocycles. The molecule has 0 aliphatic carbocycles. The third-order valence-corrected chi connectivity index (χ3v) is 9.02. The Morgan fingerprint density at radius 2 is 1.38 bits per heavy atom. The van der Waals surface area contributed by atoms with E-state index in [0.717, 1.165) is 6.08 Å². The minimum absolute atomic E-state index is 0.420. The third-order valence-electron chi connectivity index (χ3n) is 3.01. The van der Waals surface area contributed by atoms with Crippen LogP contribution < -0.4 is 0 Å². The number of hydrogen-bond donors (Lipinski definition) is 0. The van der Waals surface area contributed by atoms with Gasteiger partial charge in [0.05, 0.1) is 40.5 Å². The van der Waals surface area contributed by atoms with Crippen LogP contribution in [0.15, 0.2) is 12.7 Å². The summed E-state index contributed by atoms with van der Waals surface area (Å²) >= 11 is 0. The fourth-order valence-electron chi connectivity index (χ4n) is 1.49. The summed E-state index contributed by atoms with van der Waals surface area (Å²) in [5.74, 6) is -0.479. The molecule has 0 aromatic rings. The molecule has 0 fully saturated rings. The van der Waals surface area contributed by atoms with Crippen molar-refractivity contribution in [2.75, 3.05) is 30.4 Å². The highest BCUT2D eigenvalue weighted by Gasteiger charge is 2.27. The molecule has 0 radical (unpaired) electrons. The van der Waals surface area contributed by atoms with Crippen molar-refractivity contribution in [1.29, 1.82) is 0 Å². The van der Waals surface area contributed by atoms with Crippen LogP contribution in [0.25, 0.3) is 0 Å². The molecule has 0 rings (SSSR count). The first kappa shape index (κ1) is 18.4. The zero-order chi connectivity index (χ0) is 13.2. The van der Waals surface area contributed by atoms with Gasteiger partial charge in [-0.05, 0) is 27.7 Å². The second-order valence-corrected chi connectivity index (χ2v) is 10.3. The molecule has 0 saturated heterocycles. The molecule has 0 saturated carbocycles. The van der Waals surface area contributed by atoms with Crippen molar-refractivity contribution in [2.24, 2.45) is 0 Å². The summed E-state index contributed by atoms with van der Waals surface area (Å²) in [6.07, 6.45) is 6.88. The van der Waals surface area contributed by atoms with Crippen molar-refractivity contribution in [3.8, 4) is 0 Å². The van der Waals surface area contributed by atoms with Crippen LogP contribution in [0, 0.1) is 0 Å². The third kappa shape index (κ3) is 9.32. The van der Waals surface area contributed by atoms with Crippen LogP contribution in [-0.4, -0.2) is 43.4 Å². The zero-order valence-electron chi connectivity index (χ0n) is 10.9. The van der Waals surface area contributed by atoms with Gasteiger partial charge in [-0.3, -0.25) is 0 Å². The average Bonchev–Trinajstić information content (AvgIpc) is 2.21. The lowest BCUT2D eigenvalue weighted by Crippen LogP contribution is -2.04. The molecule has 0 heterocycles. The average molecular weight is 268 g/mol. The van der Waals surface area contributed by atoms with Gasteiger partial charge in [0.1, 0.15) is 0 Å². The molecule has 98 valence electrons. The zero-order valence-corrected chi connectivity index (χ0v) is 12.6. The van der Waals surface area contributed by atoms with Gasteiger partial charge in [-0.25, -0.2) is 8.42 Å². The maximum atomic E-state index is 9.60. The number of rotatable bonds is 6. The second-order valence-electron chi connectivity index (χ2n) is 3.62. The minimum Gasteiger partial charge on any atom is -0.748 e. The van der Waals surface area contributed by atoms with E-state index in [0.29, 0.717) is 0 Å². The first-order valence-corrected chi connectivity index (χ1v) is 9.81. The molecule has 0 N–H and O–H groups in total. The van der Waals surface area contributed by atoms with Gasteiger partial charge >= 0.3 is 0 Å². The van der Waals surface area contributed by atoms with Crippen LogP contribution in [0.4, 0.5) is 0 Å². The lowest BCUT2D eigenvalue weighted by Gasteiger charge is -2.20. The van der Waals surface area contributed by atoms with E-state index in [-0.39, 0.29) is 0 Å². The van der Waals surface area contributed by atoms with Gasteiger partial charge in [-0.2, -0.15) is 0 Å². The Kier molecular flexibility index (Phi) is 10.5. The summed E-state index contributed by atoms with van der Waals surface area (Å²) < 4.78 is 28.8. The van der Waals surface area contributed by atoms with Gasteiger partial charge in [0.2, 0.25) is 0 Å². The van der Waals surface area contributed by atoms with Crippen LogP contribution in [0.1, 0.15) is 27.7 Å². The Bertz CT molecular complexity index is 251. The molecule has 0 aromatic carbocycles. The Hall–Kier alpha value is 0.0800. The van der Waals surface area contributed by atoms with Gasteiger partial charge in [0, 0.05) is 7.26 Å². The summed E-state index contributed by atoms with van der Waals surface area (Å²) in [4.78, 5) is 0. The maximum Gasteiger partial charge on any atom is 0.0982 e. The molecule has 0 unspecified atom stereocenters. The molecule has 0 amide bonds. The summed E-state index contributed by atoms with van der Waals surface area (Å²) in [6.45, 7) is 12.5. The largest absolute Gasteiger partial charge is 0.748 e. The fourth-order valence-corrected chi connectivity index (χ4v) is 4.46. The van der Waals surface area contributed by atoms with Crippen molar-refractivity contribution < 1.29 is 13.0 Å². The van der Waals surface area contributed by atoms with E-state index in [1.165, 1.54) is 24.6 Å². The molecule has 16 heavy (non-hydrogen) atoms. The van der Waals surface area contributed by atoms with Gasteiger partial charge in [-0.15, -0.1) is 6.58 Å². The quantitative estimate of drug-likeness (QED) is 0.423. The van der Waals surface area contributed by atoms with Crippen molar-refractivity contribution >= 4 is 17.4 Å². The number of hydrogen-bond acceptors (Lipinski definition) is 3. The molecule has 5 heteroatoms. The van der Waals surface area contributed by atoms with Crippen molar-refractivity contribution in [3.63, 3.8) is 0 Å². The predicted molar refractivity (Wildman–Crippen MR) is 73.8 cm³/mol. The fraction of sp³-hybridized carbons (Fsp3) is 0.818. The van der Waals surface area contributed by atoms with Crippen LogP contribution in [-0.2, 0) is 10.1 Å². The van der Waals surface area contributed by atoms with Crippen LogP contribution in [0.5, 0.6) is 0 Å². The summed E-state index contributed by atoms with van der Waals surface area (Å²) in [6, 6.07) is 0. The van der Waals surface area contributed by atoms with E-state index in [1.54, 1.807) is 0 Å². The van der Waals surface area contributed by atoms with E-state index < -0.39 is 23.1 Å². The van der Waals surface area contributed by atoms with Crippen molar-refractivity contribution in [1.82, 2.24) is 0 Å². The smallest absolute Gasteiger partial charge is 0.0982 e. The van der Waals surface area contributed by atoms with Gasteiger partial charge in [-0.1, -0.05) is 6.08 Å².